The van der Waals surface area contributed by atoms with Gasteiger partial charge in [-0.15, -0.1) is 0 Å². The molecule has 1 aromatic carbocycles. The molecule has 0 spiro atoms. The lowest BCUT2D eigenvalue weighted by Crippen LogP contribution is -2.52. The number of nitrogens with zero attached hydrogens (tertiary/aromatic N) is 2. The van der Waals surface area contributed by atoms with Crippen molar-refractivity contribution in [1.82, 2.24) is 14.5 Å². The molecule has 0 unspecified atom stereocenters. The van der Waals surface area contributed by atoms with E-state index in [0.717, 1.165) is 63.7 Å². The number of nitrogens with one attached hydrogen (secondary N) is 1. The second-order valence-corrected chi connectivity index (χ2v) is 8.23. The van der Waals surface area contributed by atoms with E-state index in [9.17, 15) is 13.6 Å². The number of aromatic nitrogens is 2. The van der Waals surface area contributed by atoms with Crippen LogP contribution in [-0.4, -0.2) is 46.3 Å². The molecule has 4 rings (SSSR count). The Balaban J connectivity index is 1.50. The van der Waals surface area contributed by atoms with Gasteiger partial charge in [0.05, 0.1) is 17.1 Å². The van der Waals surface area contributed by atoms with Crippen LogP contribution in [0.1, 0.15) is 51.5 Å². The molecule has 1 saturated heterocycles. The molecule has 2 heterocycles. The lowest BCUT2D eigenvalue weighted by molar-refractivity contribution is -0.0146. The van der Waals surface area contributed by atoms with Gasteiger partial charge in [0.2, 0.25) is 0 Å². The van der Waals surface area contributed by atoms with Gasteiger partial charge in [-0.2, -0.15) is 0 Å². The van der Waals surface area contributed by atoms with E-state index in [1.165, 1.54) is 0 Å². The van der Waals surface area contributed by atoms with Crippen LogP contribution in [0.4, 0.5) is 8.78 Å². The van der Waals surface area contributed by atoms with Crippen molar-refractivity contribution in [2.24, 2.45) is 0 Å². The molecule has 0 bridgehead atoms. The summed E-state index contributed by atoms with van der Waals surface area (Å²) in [7, 11) is 1.78. The highest BCUT2D eigenvalue weighted by molar-refractivity contribution is 5.75. The first-order chi connectivity index (χ1) is 12.9. The molecule has 148 valence electrons. The number of halogens is 2. The number of aromatic amines is 1. The van der Waals surface area contributed by atoms with E-state index in [4.69, 9.17) is 4.74 Å². The number of benzene rings is 1. The Hall–Kier alpha value is -1.73. The third kappa shape index (κ3) is 3.31. The van der Waals surface area contributed by atoms with Gasteiger partial charge in [-0.25, -0.2) is 13.6 Å². The van der Waals surface area contributed by atoms with Gasteiger partial charge >= 0.3 is 5.69 Å². The van der Waals surface area contributed by atoms with Gasteiger partial charge in [-0.3, -0.25) is 9.47 Å². The predicted octanol–water partition coefficient (Wildman–Crippen LogP) is 3.59. The first kappa shape index (κ1) is 18.6. The number of ether oxygens (including phenoxy) is 1. The highest BCUT2D eigenvalue weighted by atomic mass is 19.2. The molecule has 1 aliphatic heterocycles. The van der Waals surface area contributed by atoms with Crippen LogP contribution in [0.15, 0.2) is 16.9 Å². The van der Waals surface area contributed by atoms with Gasteiger partial charge in [0, 0.05) is 43.9 Å². The molecule has 2 fully saturated rings. The van der Waals surface area contributed by atoms with Gasteiger partial charge < -0.3 is 9.72 Å². The minimum absolute atomic E-state index is 0.00581. The second-order valence-electron chi connectivity index (χ2n) is 8.23. The third-order valence-corrected chi connectivity index (χ3v) is 6.69. The number of methoxy groups -OCH3 is 1. The van der Waals surface area contributed by atoms with Crippen molar-refractivity contribution < 1.29 is 13.5 Å². The van der Waals surface area contributed by atoms with E-state index in [-0.39, 0.29) is 17.3 Å². The van der Waals surface area contributed by atoms with Crippen LogP contribution in [0.3, 0.4) is 0 Å². The summed E-state index contributed by atoms with van der Waals surface area (Å²) in [5.74, 6) is -1.86. The van der Waals surface area contributed by atoms with E-state index < -0.39 is 11.6 Å². The number of piperidine rings is 1. The average Bonchev–Trinajstić information content (AvgIpc) is 2.97. The van der Waals surface area contributed by atoms with Crippen molar-refractivity contribution in [1.29, 1.82) is 0 Å². The predicted molar refractivity (Wildman–Crippen MR) is 100.0 cm³/mol. The fourth-order valence-corrected chi connectivity index (χ4v) is 4.91. The van der Waals surface area contributed by atoms with Gasteiger partial charge in [0.15, 0.2) is 11.6 Å². The number of H-pyrrole nitrogens is 1. The fraction of sp³-hybridized carbons (Fsp3) is 0.650. The number of hydrogen-bond donors (Lipinski definition) is 1. The second kappa shape index (κ2) is 7.02. The van der Waals surface area contributed by atoms with Gasteiger partial charge in [0.25, 0.3) is 0 Å². The van der Waals surface area contributed by atoms with Crippen molar-refractivity contribution in [2.75, 3.05) is 20.2 Å². The zero-order valence-corrected chi connectivity index (χ0v) is 15.9. The van der Waals surface area contributed by atoms with Crippen molar-refractivity contribution in [3.05, 3.63) is 34.3 Å². The number of hydrogen-bond acceptors (Lipinski definition) is 3. The van der Waals surface area contributed by atoms with Crippen LogP contribution >= 0.6 is 0 Å². The molecule has 2 aromatic rings. The molecule has 27 heavy (non-hydrogen) atoms. The number of likely N-dealkylation sites (tertiary alicyclic amines) is 1. The number of rotatable bonds is 3. The summed E-state index contributed by atoms with van der Waals surface area (Å²) < 4.78 is 34.3. The summed E-state index contributed by atoms with van der Waals surface area (Å²) in [4.78, 5) is 17.6. The Labute approximate surface area is 157 Å². The summed E-state index contributed by atoms with van der Waals surface area (Å²) >= 11 is 0. The average molecular weight is 379 g/mol. The van der Waals surface area contributed by atoms with Crippen LogP contribution in [0, 0.1) is 11.6 Å². The fourth-order valence-electron chi connectivity index (χ4n) is 4.91. The summed E-state index contributed by atoms with van der Waals surface area (Å²) in [5.41, 5.74) is 0.691. The Bertz CT molecular complexity index is 875. The third-order valence-electron chi connectivity index (χ3n) is 6.69. The maximum absolute atomic E-state index is 13.7. The molecule has 1 aromatic heterocycles. The van der Waals surface area contributed by atoms with E-state index in [1.807, 2.05) is 0 Å². The normalized spacial score (nSPS) is 28.1. The summed E-state index contributed by atoms with van der Waals surface area (Å²) in [6, 6.07) is 2.20. The Morgan fingerprint density at radius 1 is 1.11 bits per heavy atom. The molecular weight excluding hydrogens is 352 g/mol. The van der Waals surface area contributed by atoms with E-state index in [2.05, 4.69) is 16.8 Å². The lowest BCUT2D eigenvalue weighted by Gasteiger charge is -2.48. The van der Waals surface area contributed by atoms with Crippen molar-refractivity contribution in [3.63, 3.8) is 0 Å². The van der Waals surface area contributed by atoms with Gasteiger partial charge in [-0.05, 0) is 45.4 Å². The Morgan fingerprint density at radius 2 is 1.74 bits per heavy atom. The highest BCUT2D eigenvalue weighted by Crippen LogP contribution is 2.37. The summed E-state index contributed by atoms with van der Waals surface area (Å²) in [6.07, 6.45) is 6.43. The maximum Gasteiger partial charge on any atom is 0.326 e. The number of fused-ring (bicyclic) bond motifs is 1. The van der Waals surface area contributed by atoms with E-state index in [1.54, 1.807) is 11.7 Å². The number of imidazole rings is 1. The summed E-state index contributed by atoms with van der Waals surface area (Å²) in [5, 5.41) is 0. The molecule has 7 heteroatoms. The maximum atomic E-state index is 13.7. The monoisotopic (exact) mass is 379 g/mol. The standard InChI is InChI=1S/C20H27F2N3O2/c1-20(7-3-14(27-2)4-8-20)24-9-5-13(6-10-24)25-18-12-16(22)15(21)11-17(18)23-19(25)26/h11-14H,3-10H2,1-2H3,(H,23,26). The van der Waals surface area contributed by atoms with Crippen LogP contribution in [0.25, 0.3) is 11.0 Å². The van der Waals surface area contributed by atoms with E-state index in [0.29, 0.717) is 17.1 Å². The smallest absolute Gasteiger partial charge is 0.326 e. The first-order valence-electron chi connectivity index (χ1n) is 9.78. The quantitative estimate of drug-likeness (QED) is 0.887. The Kier molecular flexibility index (Phi) is 4.84. The minimum atomic E-state index is -0.940. The van der Waals surface area contributed by atoms with Crippen LogP contribution in [0.5, 0.6) is 0 Å². The zero-order chi connectivity index (χ0) is 19.2. The van der Waals surface area contributed by atoms with Gasteiger partial charge in [0.1, 0.15) is 0 Å². The van der Waals surface area contributed by atoms with Gasteiger partial charge in [-0.1, -0.05) is 0 Å². The SMILES string of the molecule is COC1CCC(C)(N2CCC(n3c(=O)[nH]c4cc(F)c(F)cc43)CC2)CC1. The topological polar surface area (TPSA) is 50.3 Å². The van der Waals surface area contributed by atoms with Crippen LogP contribution in [-0.2, 0) is 4.74 Å². The van der Waals surface area contributed by atoms with E-state index >= 15 is 0 Å². The minimum Gasteiger partial charge on any atom is -0.381 e. The molecule has 5 nitrogen and oxygen atoms in total. The van der Waals surface area contributed by atoms with Crippen molar-refractivity contribution in [3.8, 4) is 0 Å². The molecule has 1 saturated carbocycles. The molecule has 0 amide bonds. The Morgan fingerprint density at radius 3 is 2.37 bits per heavy atom. The van der Waals surface area contributed by atoms with Crippen LogP contribution in [0.2, 0.25) is 0 Å². The molecule has 0 radical (unpaired) electrons. The zero-order valence-electron chi connectivity index (χ0n) is 15.9. The molecular formula is C20H27F2N3O2. The molecule has 0 atom stereocenters. The first-order valence-corrected chi connectivity index (χ1v) is 9.78. The highest BCUT2D eigenvalue weighted by Gasteiger charge is 2.38. The van der Waals surface area contributed by atoms with Crippen molar-refractivity contribution in [2.45, 2.75) is 63.1 Å². The van der Waals surface area contributed by atoms with Crippen molar-refractivity contribution >= 4 is 11.0 Å². The largest absolute Gasteiger partial charge is 0.381 e. The molecule has 2 aliphatic rings. The van der Waals surface area contributed by atoms with Crippen LogP contribution < -0.4 is 5.69 Å². The summed E-state index contributed by atoms with van der Waals surface area (Å²) in [6.45, 7) is 4.14. The molecule has 1 N–H and O–H groups in total. The molecule has 1 aliphatic carbocycles. The lowest BCUT2D eigenvalue weighted by atomic mass is 9.79.